The molecule has 1 aromatic carbocycles. The van der Waals surface area contributed by atoms with E-state index in [1.807, 2.05) is 33.8 Å². The van der Waals surface area contributed by atoms with Crippen LogP contribution in [0.15, 0.2) is 27.7 Å². The molecule has 0 spiro atoms. The minimum atomic E-state index is -0.313. The van der Waals surface area contributed by atoms with Crippen LogP contribution in [0.1, 0.15) is 33.3 Å². The molecule has 0 fully saturated rings. The lowest BCUT2D eigenvalue weighted by atomic mass is 10.1. The summed E-state index contributed by atoms with van der Waals surface area (Å²) in [5, 5.41) is 8.88. The first-order chi connectivity index (χ1) is 10.7. The monoisotopic (exact) mass is 514 g/mol. The Hall–Kier alpha value is -0.900. The molecular formula is C16H25BrFIN4O. The van der Waals surface area contributed by atoms with E-state index in [-0.39, 0.29) is 47.8 Å². The van der Waals surface area contributed by atoms with Crippen LogP contribution in [0.25, 0.3) is 0 Å². The Bertz CT molecular complexity index is 555. The van der Waals surface area contributed by atoms with Gasteiger partial charge in [-0.05, 0) is 51.5 Å². The smallest absolute Gasteiger partial charge is 0.239 e. The lowest BCUT2D eigenvalue weighted by Gasteiger charge is -2.21. The van der Waals surface area contributed by atoms with E-state index < -0.39 is 0 Å². The first kappa shape index (κ1) is 23.1. The van der Waals surface area contributed by atoms with Gasteiger partial charge >= 0.3 is 0 Å². The molecule has 8 heteroatoms. The number of carbonyl (C=O) groups is 1. The summed E-state index contributed by atoms with van der Waals surface area (Å²) in [5.41, 5.74) is 0.468. The summed E-state index contributed by atoms with van der Waals surface area (Å²) in [6.45, 7) is 8.80. The molecule has 5 nitrogen and oxygen atoms in total. The molecule has 0 saturated heterocycles. The summed E-state index contributed by atoms with van der Waals surface area (Å²) >= 11 is 3.26. The highest BCUT2D eigenvalue weighted by atomic mass is 127. The minimum Gasteiger partial charge on any atom is -0.357 e. The van der Waals surface area contributed by atoms with Crippen molar-refractivity contribution in [2.45, 2.75) is 39.8 Å². The first-order valence-corrected chi connectivity index (χ1v) is 8.27. The molecule has 0 unspecified atom stereocenters. The third kappa shape index (κ3) is 10.1. The topological polar surface area (TPSA) is 65.5 Å². The number of amides is 1. The highest BCUT2D eigenvalue weighted by Gasteiger charge is 2.13. The number of benzene rings is 1. The number of nitrogens with one attached hydrogen (secondary N) is 3. The van der Waals surface area contributed by atoms with Crippen LogP contribution in [0.3, 0.4) is 0 Å². The average molecular weight is 515 g/mol. The quantitative estimate of drug-likeness (QED) is 0.321. The molecule has 1 aromatic rings. The Labute approximate surface area is 168 Å². The maximum Gasteiger partial charge on any atom is 0.239 e. The van der Waals surface area contributed by atoms with Crippen LogP contribution in [0.5, 0.6) is 0 Å². The fourth-order valence-corrected chi connectivity index (χ4v) is 2.35. The summed E-state index contributed by atoms with van der Waals surface area (Å²) in [6, 6.07) is 4.64. The van der Waals surface area contributed by atoms with Crippen molar-refractivity contribution >= 4 is 51.8 Å². The Morgan fingerprint density at radius 2 is 1.92 bits per heavy atom. The standard InChI is InChI=1S/C16H24BrFN4O.HI/c1-5-19-15(21-10-14(23)22-16(2,3)4)20-9-11-6-12(17)8-13(18)7-11;/h6-8H,5,9-10H2,1-4H3,(H,22,23)(H2,19,20,21);1H. The third-order valence-corrected chi connectivity index (χ3v) is 3.07. The zero-order valence-electron chi connectivity index (χ0n) is 14.4. The summed E-state index contributed by atoms with van der Waals surface area (Å²) in [6.07, 6.45) is 0. The molecule has 1 rings (SSSR count). The second kappa shape index (κ2) is 10.9. The van der Waals surface area contributed by atoms with Gasteiger partial charge in [-0.2, -0.15) is 0 Å². The van der Waals surface area contributed by atoms with Gasteiger partial charge in [0.05, 0.1) is 13.1 Å². The van der Waals surface area contributed by atoms with Crippen LogP contribution in [0.4, 0.5) is 4.39 Å². The van der Waals surface area contributed by atoms with Crippen molar-refractivity contribution in [3.8, 4) is 0 Å². The van der Waals surface area contributed by atoms with E-state index in [0.717, 1.165) is 5.56 Å². The van der Waals surface area contributed by atoms with Crippen LogP contribution in [0.2, 0.25) is 0 Å². The number of nitrogens with zero attached hydrogens (tertiary/aromatic N) is 1. The van der Waals surface area contributed by atoms with Gasteiger partial charge in [0.1, 0.15) is 5.82 Å². The summed E-state index contributed by atoms with van der Waals surface area (Å²) in [5.74, 6) is 0.0839. The maximum atomic E-state index is 13.3. The predicted octanol–water partition coefficient (Wildman–Crippen LogP) is 3.18. The lowest BCUT2D eigenvalue weighted by molar-refractivity contribution is -0.121. The Morgan fingerprint density at radius 3 is 2.46 bits per heavy atom. The molecule has 0 aliphatic heterocycles. The van der Waals surface area contributed by atoms with E-state index in [2.05, 4.69) is 36.9 Å². The Morgan fingerprint density at radius 1 is 1.25 bits per heavy atom. The molecule has 24 heavy (non-hydrogen) atoms. The van der Waals surface area contributed by atoms with Gasteiger partial charge in [0, 0.05) is 16.6 Å². The van der Waals surface area contributed by atoms with E-state index in [1.54, 1.807) is 0 Å². The van der Waals surface area contributed by atoms with Gasteiger partial charge in [-0.3, -0.25) is 4.79 Å². The molecule has 0 bridgehead atoms. The number of halogens is 3. The zero-order valence-corrected chi connectivity index (χ0v) is 18.3. The van der Waals surface area contributed by atoms with Gasteiger partial charge in [-0.15, -0.1) is 24.0 Å². The predicted molar refractivity (Wildman–Crippen MR) is 110 cm³/mol. The molecule has 0 saturated carbocycles. The number of hydrogen-bond acceptors (Lipinski definition) is 2. The normalized spacial score (nSPS) is 11.5. The molecule has 0 radical (unpaired) electrons. The summed E-state index contributed by atoms with van der Waals surface area (Å²) < 4.78 is 14.0. The average Bonchev–Trinajstić information content (AvgIpc) is 2.39. The van der Waals surface area contributed by atoms with Crippen molar-refractivity contribution in [2.24, 2.45) is 4.99 Å². The minimum absolute atomic E-state index is 0. The number of carbonyl (C=O) groups excluding carboxylic acids is 1. The number of rotatable bonds is 5. The first-order valence-electron chi connectivity index (χ1n) is 7.48. The van der Waals surface area contributed by atoms with Crippen LogP contribution in [0, 0.1) is 5.82 Å². The summed E-state index contributed by atoms with van der Waals surface area (Å²) in [4.78, 5) is 16.2. The van der Waals surface area contributed by atoms with Crippen molar-refractivity contribution in [1.82, 2.24) is 16.0 Å². The number of aliphatic imine (C=N–C) groups is 1. The van der Waals surface area contributed by atoms with Crippen molar-refractivity contribution in [2.75, 3.05) is 13.1 Å². The van der Waals surface area contributed by atoms with E-state index >= 15 is 0 Å². The van der Waals surface area contributed by atoms with Crippen molar-refractivity contribution in [3.05, 3.63) is 34.1 Å². The van der Waals surface area contributed by atoms with Gasteiger partial charge in [0.2, 0.25) is 5.91 Å². The molecule has 0 atom stereocenters. The van der Waals surface area contributed by atoms with Gasteiger partial charge in [-0.25, -0.2) is 9.38 Å². The largest absolute Gasteiger partial charge is 0.357 e. The third-order valence-electron chi connectivity index (χ3n) is 2.62. The molecule has 0 aliphatic carbocycles. The molecule has 0 aromatic heterocycles. The van der Waals surface area contributed by atoms with Crippen LogP contribution < -0.4 is 16.0 Å². The molecular weight excluding hydrogens is 490 g/mol. The molecule has 0 heterocycles. The van der Waals surface area contributed by atoms with Crippen molar-refractivity contribution in [3.63, 3.8) is 0 Å². The van der Waals surface area contributed by atoms with Crippen LogP contribution >= 0.6 is 39.9 Å². The zero-order chi connectivity index (χ0) is 17.5. The Balaban J connectivity index is 0.00000529. The SMILES string of the molecule is CCNC(=NCc1cc(F)cc(Br)c1)NCC(=O)NC(C)(C)C.I. The van der Waals surface area contributed by atoms with Gasteiger partial charge in [0.25, 0.3) is 0 Å². The molecule has 0 aliphatic rings. The number of guanidine groups is 1. The summed E-state index contributed by atoms with van der Waals surface area (Å²) in [7, 11) is 0. The van der Waals surface area contributed by atoms with Crippen molar-refractivity contribution in [1.29, 1.82) is 0 Å². The second-order valence-electron chi connectivity index (χ2n) is 6.12. The van der Waals surface area contributed by atoms with E-state index in [0.29, 0.717) is 23.5 Å². The highest BCUT2D eigenvalue weighted by molar-refractivity contribution is 14.0. The number of hydrogen-bond donors (Lipinski definition) is 3. The maximum absolute atomic E-state index is 13.3. The molecule has 1 amide bonds. The molecule has 136 valence electrons. The van der Waals surface area contributed by atoms with Crippen LogP contribution in [-0.2, 0) is 11.3 Å². The van der Waals surface area contributed by atoms with Crippen LogP contribution in [-0.4, -0.2) is 30.5 Å². The van der Waals surface area contributed by atoms with E-state index in [4.69, 9.17) is 0 Å². The fraction of sp³-hybridized carbons (Fsp3) is 0.500. The Kier molecular flexibility index (Phi) is 10.5. The van der Waals surface area contributed by atoms with Crippen molar-refractivity contribution < 1.29 is 9.18 Å². The van der Waals surface area contributed by atoms with E-state index in [9.17, 15) is 9.18 Å². The fourth-order valence-electron chi connectivity index (χ4n) is 1.84. The van der Waals surface area contributed by atoms with Gasteiger partial charge < -0.3 is 16.0 Å². The van der Waals surface area contributed by atoms with E-state index in [1.165, 1.54) is 12.1 Å². The second-order valence-corrected chi connectivity index (χ2v) is 7.04. The van der Waals surface area contributed by atoms with Gasteiger partial charge in [0.15, 0.2) is 5.96 Å². The van der Waals surface area contributed by atoms with Gasteiger partial charge in [-0.1, -0.05) is 15.9 Å². The highest BCUT2D eigenvalue weighted by Crippen LogP contribution is 2.15. The molecule has 3 N–H and O–H groups in total. The lowest BCUT2D eigenvalue weighted by Crippen LogP contribution is -2.48.